The summed E-state index contributed by atoms with van der Waals surface area (Å²) in [5.74, 6) is 0.00410. The van der Waals surface area contributed by atoms with Crippen molar-refractivity contribution in [2.45, 2.75) is 18.6 Å². The number of rotatable bonds is 8. The van der Waals surface area contributed by atoms with Crippen LogP contribution in [-0.2, 0) is 6.42 Å². The predicted molar refractivity (Wildman–Crippen MR) is 87.8 cm³/mol. The van der Waals surface area contributed by atoms with Crippen LogP contribution >= 0.6 is 0 Å². The summed E-state index contributed by atoms with van der Waals surface area (Å²) in [5, 5.41) is 13.0. The Morgan fingerprint density at radius 3 is 2.27 bits per heavy atom. The molecule has 0 fully saturated rings. The van der Waals surface area contributed by atoms with E-state index in [9.17, 15) is 9.90 Å². The molecule has 4 N–H and O–H groups in total. The molecule has 2 aromatic carbocycles. The lowest BCUT2D eigenvalue weighted by Gasteiger charge is -2.19. The van der Waals surface area contributed by atoms with Gasteiger partial charge in [0.15, 0.2) is 5.78 Å². The molecule has 0 unspecified atom stereocenters. The van der Waals surface area contributed by atoms with Crippen LogP contribution in [0, 0.1) is 0 Å². The zero-order valence-electron chi connectivity index (χ0n) is 12.5. The monoisotopic (exact) mass is 298 g/mol. The van der Waals surface area contributed by atoms with Crippen molar-refractivity contribution in [3.8, 4) is 0 Å². The van der Waals surface area contributed by atoms with E-state index in [4.69, 9.17) is 5.73 Å². The molecule has 0 aliphatic carbocycles. The molecule has 22 heavy (non-hydrogen) atoms. The quantitative estimate of drug-likeness (QED) is 0.644. The Hall–Kier alpha value is -2.01. The van der Waals surface area contributed by atoms with Crippen molar-refractivity contribution in [2.75, 3.05) is 13.1 Å². The molecule has 0 aliphatic heterocycles. The maximum atomic E-state index is 11.9. The zero-order valence-corrected chi connectivity index (χ0v) is 12.5. The smallest absolute Gasteiger partial charge is 0.176 e. The Labute approximate surface area is 131 Å². The molecule has 0 heterocycles. The van der Waals surface area contributed by atoms with E-state index < -0.39 is 6.10 Å². The van der Waals surface area contributed by atoms with Crippen molar-refractivity contribution in [2.24, 2.45) is 5.73 Å². The fourth-order valence-electron chi connectivity index (χ4n) is 2.23. The van der Waals surface area contributed by atoms with Gasteiger partial charge in [0.25, 0.3) is 0 Å². The predicted octanol–water partition coefficient (Wildman–Crippen LogP) is 1.39. The van der Waals surface area contributed by atoms with Crippen LogP contribution in [0.4, 0.5) is 0 Å². The number of nitrogens with two attached hydrogens (primary N) is 1. The van der Waals surface area contributed by atoms with E-state index in [2.05, 4.69) is 5.32 Å². The summed E-state index contributed by atoms with van der Waals surface area (Å²) >= 11 is 0. The van der Waals surface area contributed by atoms with Crippen LogP contribution < -0.4 is 11.1 Å². The highest BCUT2D eigenvalue weighted by Crippen LogP contribution is 2.04. The summed E-state index contributed by atoms with van der Waals surface area (Å²) in [6.07, 6.45) is -0.0835. The number of Topliss-reactive ketones (excluding diaryl/α,β-unsaturated/α-hetero) is 1. The van der Waals surface area contributed by atoms with E-state index in [1.807, 2.05) is 48.5 Å². The molecule has 2 aromatic rings. The molecule has 116 valence electrons. The highest BCUT2D eigenvalue weighted by molar-refractivity contribution is 5.97. The molecule has 4 heteroatoms. The molecular formula is C18H22N2O2. The fraction of sp³-hybridized carbons (Fsp3) is 0.278. The standard InChI is InChI=1S/C18H22N2O2/c19-16(11-14-7-3-1-4-8-14)18(22)13-20-12-17(21)15-9-5-2-6-10-15/h1-10,16,18,20,22H,11-13,19H2/t16-,18+/m0/s1. The molecule has 0 bridgehead atoms. The SMILES string of the molecule is N[C@@H](Cc1ccccc1)[C@H](O)CNCC(=O)c1ccccc1. The Morgan fingerprint density at radius 1 is 1.05 bits per heavy atom. The van der Waals surface area contributed by atoms with Crippen molar-refractivity contribution in [1.29, 1.82) is 0 Å². The lowest BCUT2D eigenvalue weighted by Crippen LogP contribution is -2.44. The zero-order chi connectivity index (χ0) is 15.8. The van der Waals surface area contributed by atoms with Gasteiger partial charge < -0.3 is 16.2 Å². The fourth-order valence-corrected chi connectivity index (χ4v) is 2.23. The topological polar surface area (TPSA) is 75.3 Å². The number of carbonyl (C=O) groups is 1. The van der Waals surface area contributed by atoms with Crippen molar-refractivity contribution in [3.05, 3.63) is 71.8 Å². The van der Waals surface area contributed by atoms with Crippen molar-refractivity contribution in [3.63, 3.8) is 0 Å². The summed E-state index contributed by atoms with van der Waals surface area (Å²) in [5.41, 5.74) is 7.76. The van der Waals surface area contributed by atoms with Gasteiger partial charge in [-0.05, 0) is 12.0 Å². The third-order valence-corrected chi connectivity index (χ3v) is 3.54. The van der Waals surface area contributed by atoms with Gasteiger partial charge in [0.2, 0.25) is 0 Å². The Morgan fingerprint density at radius 2 is 1.64 bits per heavy atom. The van der Waals surface area contributed by atoms with E-state index in [-0.39, 0.29) is 18.4 Å². The maximum absolute atomic E-state index is 11.9. The largest absolute Gasteiger partial charge is 0.390 e. The van der Waals surface area contributed by atoms with Gasteiger partial charge in [0.05, 0.1) is 12.6 Å². The van der Waals surface area contributed by atoms with Crippen molar-refractivity contribution in [1.82, 2.24) is 5.32 Å². The third-order valence-electron chi connectivity index (χ3n) is 3.54. The number of nitrogens with one attached hydrogen (secondary N) is 1. The second kappa shape index (κ2) is 8.44. The van der Waals surface area contributed by atoms with Gasteiger partial charge in [-0.15, -0.1) is 0 Å². The lowest BCUT2D eigenvalue weighted by atomic mass is 10.0. The minimum Gasteiger partial charge on any atom is -0.390 e. The average Bonchev–Trinajstić information content (AvgIpc) is 2.56. The van der Waals surface area contributed by atoms with Gasteiger partial charge in [-0.1, -0.05) is 60.7 Å². The van der Waals surface area contributed by atoms with Crippen LogP contribution in [0.15, 0.2) is 60.7 Å². The van der Waals surface area contributed by atoms with Crippen LogP contribution in [-0.4, -0.2) is 36.1 Å². The van der Waals surface area contributed by atoms with Crippen molar-refractivity contribution < 1.29 is 9.90 Å². The van der Waals surface area contributed by atoms with Gasteiger partial charge in [-0.2, -0.15) is 0 Å². The summed E-state index contributed by atoms with van der Waals surface area (Å²) in [7, 11) is 0. The Kier molecular flexibility index (Phi) is 6.27. The van der Waals surface area contributed by atoms with Crippen LogP contribution in [0.5, 0.6) is 0 Å². The van der Waals surface area contributed by atoms with E-state index in [1.54, 1.807) is 12.1 Å². The second-order valence-electron chi connectivity index (χ2n) is 5.34. The van der Waals surface area contributed by atoms with E-state index in [0.717, 1.165) is 5.56 Å². The molecule has 4 nitrogen and oxygen atoms in total. The first-order chi connectivity index (χ1) is 10.7. The summed E-state index contributed by atoms with van der Waals surface area (Å²) in [6.45, 7) is 0.492. The van der Waals surface area contributed by atoms with E-state index in [0.29, 0.717) is 18.5 Å². The van der Waals surface area contributed by atoms with Crippen LogP contribution in [0.1, 0.15) is 15.9 Å². The summed E-state index contributed by atoms with van der Waals surface area (Å²) in [4.78, 5) is 11.9. The van der Waals surface area contributed by atoms with Crippen molar-refractivity contribution >= 4 is 5.78 Å². The van der Waals surface area contributed by atoms with Gasteiger partial charge in [-0.3, -0.25) is 4.79 Å². The number of hydrogen-bond donors (Lipinski definition) is 3. The molecule has 0 saturated carbocycles. The summed E-state index contributed by atoms with van der Waals surface area (Å²) < 4.78 is 0. The molecule has 0 amide bonds. The number of ketones is 1. The minimum absolute atomic E-state index is 0.00410. The molecule has 2 atom stereocenters. The number of aliphatic hydroxyl groups is 1. The second-order valence-corrected chi connectivity index (χ2v) is 5.34. The molecule has 0 aromatic heterocycles. The van der Waals surface area contributed by atoms with Crippen LogP contribution in [0.2, 0.25) is 0 Å². The highest BCUT2D eigenvalue weighted by atomic mass is 16.3. The van der Waals surface area contributed by atoms with Crippen LogP contribution in [0.25, 0.3) is 0 Å². The maximum Gasteiger partial charge on any atom is 0.176 e. The highest BCUT2D eigenvalue weighted by Gasteiger charge is 2.15. The normalized spacial score (nSPS) is 13.5. The Bertz CT molecular complexity index is 572. The van der Waals surface area contributed by atoms with Crippen LogP contribution in [0.3, 0.4) is 0 Å². The first kappa shape index (κ1) is 16.4. The first-order valence-electron chi connectivity index (χ1n) is 7.43. The number of carbonyl (C=O) groups excluding carboxylic acids is 1. The number of hydrogen-bond acceptors (Lipinski definition) is 4. The molecule has 2 rings (SSSR count). The third kappa shape index (κ3) is 5.07. The minimum atomic E-state index is -0.691. The number of aliphatic hydroxyl groups excluding tert-OH is 1. The molecular weight excluding hydrogens is 276 g/mol. The van der Waals surface area contributed by atoms with Gasteiger partial charge in [-0.25, -0.2) is 0 Å². The van der Waals surface area contributed by atoms with Gasteiger partial charge in [0.1, 0.15) is 0 Å². The van der Waals surface area contributed by atoms with E-state index in [1.165, 1.54) is 0 Å². The van der Waals surface area contributed by atoms with Gasteiger partial charge >= 0.3 is 0 Å². The molecule has 0 spiro atoms. The molecule has 0 aliphatic rings. The van der Waals surface area contributed by atoms with Gasteiger partial charge in [0, 0.05) is 18.2 Å². The first-order valence-corrected chi connectivity index (χ1v) is 7.43. The lowest BCUT2D eigenvalue weighted by molar-refractivity contribution is 0.0976. The Balaban J connectivity index is 1.73. The number of benzene rings is 2. The average molecular weight is 298 g/mol. The molecule has 0 radical (unpaired) electrons. The summed E-state index contributed by atoms with van der Waals surface area (Å²) in [6, 6.07) is 18.5. The molecule has 0 saturated heterocycles. The van der Waals surface area contributed by atoms with E-state index >= 15 is 0 Å².